The predicted octanol–water partition coefficient (Wildman–Crippen LogP) is 0.511. The summed E-state index contributed by atoms with van der Waals surface area (Å²) in [5, 5.41) is 10.3. The van der Waals surface area contributed by atoms with Gasteiger partial charge in [-0.05, 0) is 26.4 Å². The minimum Gasteiger partial charge on any atom is -0.301 e. The lowest BCUT2D eigenvalue weighted by Crippen LogP contribution is -2.27. The third kappa shape index (κ3) is 1.01. The highest BCUT2D eigenvalue weighted by Gasteiger charge is 2.19. The Hall–Kier alpha value is -0.0800. The summed E-state index contributed by atoms with van der Waals surface area (Å²) in [4.78, 5) is 2.15. The maximum absolute atomic E-state index is 10.3. The van der Waals surface area contributed by atoms with E-state index in [9.17, 15) is 5.11 Å². The van der Waals surface area contributed by atoms with Crippen molar-refractivity contribution < 1.29 is 5.11 Å². The average Bonchev–Trinajstić information content (AvgIpc) is 2.14. The number of hydrogen-bond acceptors (Lipinski definition) is 1. The van der Waals surface area contributed by atoms with E-state index in [2.05, 4.69) is 4.90 Å². The van der Waals surface area contributed by atoms with Gasteiger partial charge >= 0.3 is 0 Å². The van der Waals surface area contributed by atoms with Crippen molar-refractivity contribution in [2.45, 2.75) is 18.9 Å². The zero-order valence-corrected chi connectivity index (χ0v) is 5.26. The standard InChI is InChI=1S/C6H12NO/c1-7-4-2-3-6(7)5-8/h6H,2-5H2,1H3. The maximum atomic E-state index is 10.3. The van der Waals surface area contributed by atoms with E-state index in [-0.39, 0.29) is 6.61 Å². The molecule has 1 aliphatic rings. The largest absolute Gasteiger partial charge is 0.301 e. The van der Waals surface area contributed by atoms with E-state index in [1.165, 1.54) is 6.42 Å². The molecule has 0 aliphatic carbocycles. The fourth-order valence-electron chi connectivity index (χ4n) is 1.19. The lowest BCUT2D eigenvalue weighted by molar-refractivity contribution is 0.120. The Morgan fingerprint density at radius 2 is 2.50 bits per heavy atom. The van der Waals surface area contributed by atoms with Crippen LogP contribution < -0.4 is 0 Å². The lowest BCUT2D eigenvalue weighted by Gasteiger charge is -2.14. The molecule has 0 bridgehead atoms. The van der Waals surface area contributed by atoms with E-state index in [1.807, 2.05) is 7.05 Å². The van der Waals surface area contributed by atoms with E-state index >= 15 is 0 Å². The summed E-state index contributed by atoms with van der Waals surface area (Å²) in [6.07, 6.45) is 2.32. The molecule has 0 aromatic carbocycles. The molecule has 0 aromatic heterocycles. The van der Waals surface area contributed by atoms with Crippen molar-refractivity contribution in [3.63, 3.8) is 0 Å². The highest BCUT2D eigenvalue weighted by Crippen LogP contribution is 2.13. The van der Waals surface area contributed by atoms with Crippen molar-refractivity contribution >= 4 is 0 Å². The molecule has 1 atom stereocenters. The summed E-state index contributed by atoms with van der Waals surface area (Å²) in [5.74, 6) is 0. The van der Waals surface area contributed by atoms with Crippen LogP contribution in [0.15, 0.2) is 0 Å². The van der Waals surface area contributed by atoms with Crippen molar-refractivity contribution in [1.82, 2.24) is 4.90 Å². The van der Waals surface area contributed by atoms with Gasteiger partial charge in [-0.15, -0.1) is 0 Å². The molecule has 1 aliphatic heterocycles. The molecule has 1 saturated heterocycles. The van der Waals surface area contributed by atoms with Gasteiger partial charge in [-0.25, -0.2) is 5.11 Å². The van der Waals surface area contributed by atoms with E-state index in [0.717, 1.165) is 13.0 Å². The zero-order valence-electron chi connectivity index (χ0n) is 5.26. The van der Waals surface area contributed by atoms with E-state index in [4.69, 9.17) is 0 Å². The Balaban J connectivity index is 2.30. The fraction of sp³-hybridized carbons (Fsp3) is 1.00. The Bertz CT molecular complexity index is 74.9. The van der Waals surface area contributed by atoms with Gasteiger partial charge in [-0.2, -0.15) is 0 Å². The molecule has 0 saturated carbocycles. The maximum Gasteiger partial charge on any atom is 0.0977 e. The topological polar surface area (TPSA) is 23.1 Å². The third-order valence-electron chi connectivity index (χ3n) is 1.86. The molecule has 2 nitrogen and oxygen atoms in total. The van der Waals surface area contributed by atoms with E-state index in [0.29, 0.717) is 6.04 Å². The summed E-state index contributed by atoms with van der Waals surface area (Å²) in [6.45, 7) is 1.20. The van der Waals surface area contributed by atoms with Crippen LogP contribution in [0.2, 0.25) is 0 Å². The smallest absolute Gasteiger partial charge is 0.0977 e. The van der Waals surface area contributed by atoms with Crippen molar-refractivity contribution in [2.24, 2.45) is 0 Å². The first-order valence-corrected chi connectivity index (χ1v) is 3.13. The van der Waals surface area contributed by atoms with Crippen LogP contribution in [0.1, 0.15) is 12.8 Å². The second-order valence-corrected chi connectivity index (χ2v) is 2.44. The third-order valence-corrected chi connectivity index (χ3v) is 1.86. The highest BCUT2D eigenvalue weighted by atomic mass is 16.3. The Labute approximate surface area is 50.1 Å². The zero-order chi connectivity index (χ0) is 5.98. The van der Waals surface area contributed by atoms with Gasteiger partial charge in [0.1, 0.15) is 0 Å². The summed E-state index contributed by atoms with van der Waals surface area (Å²) in [5.41, 5.74) is 0. The number of hydrogen-bond donors (Lipinski definition) is 0. The van der Waals surface area contributed by atoms with Crippen LogP contribution in [-0.2, 0) is 5.11 Å². The van der Waals surface area contributed by atoms with Crippen LogP contribution in [-0.4, -0.2) is 31.1 Å². The second-order valence-electron chi connectivity index (χ2n) is 2.44. The SMILES string of the molecule is CN1CCCC1C[O]. The van der Waals surface area contributed by atoms with Crippen LogP contribution in [0.25, 0.3) is 0 Å². The highest BCUT2D eigenvalue weighted by molar-refractivity contribution is 4.74. The average molecular weight is 114 g/mol. The van der Waals surface area contributed by atoms with Gasteiger partial charge in [-0.1, -0.05) is 0 Å². The predicted molar refractivity (Wildman–Crippen MR) is 31.2 cm³/mol. The molecule has 0 aromatic rings. The van der Waals surface area contributed by atoms with Crippen molar-refractivity contribution in [2.75, 3.05) is 20.2 Å². The van der Waals surface area contributed by atoms with Crippen LogP contribution >= 0.6 is 0 Å². The summed E-state index contributed by atoms with van der Waals surface area (Å²) in [7, 11) is 2.02. The second kappa shape index (κ2) is 2.46. The quantitative estimate of drug-likeness (QED) is 0.487. The molecule has 8 heavy (non-hydrogen) atoms. The van der Waals surface area contributed by atoms with Gasteiger partial charge in [0, 0.05) is 6.04 Å². The van der Waals surface area contributed by atoms with Gasteiger partial charge in [0.25, 0.3) is 0 Å². The first kappa shape index (κ1) is 6.05. The van der Waals surface area contributed by atoms with Gasteiger partial charge < -0.3 is 4.90 Å². The molecule has 0 spiro atoms. The van der Waals surface area contributed by atoms with Crippen LogP contribution in [0.3, 0.4) is 0 Å². The fourth-order valence-corrected chi connectivity index (χ4v) is 1.19. The summed E-state index contributed by atoms with van der Waals surface area (Å²) in [6, 6.07) is 0.343. The molecule has 1 heterocycles. The molecule has 1 unspecified atom stereocenters. The minimum absolute atomic E-state index is 0.0799. The number of rotatable bonds is 1. The van der Waals surface area contributed by atoms with Crippen molar-refractivity contribution in [3.8, 4) is 0 Å². The molecule has 1 radical (unpaired) electrons. The van der Waals surface area contributed by atoms with Gasteiger partial charge in [0.05, 0.1) is 6.61 Å². The monoisotopic (exact) mass is 114 g/mol. The summed E-state index contributed by atoms with van der Waals surface area (Å²) < 4.78 is 0. The van der Waals surface area contributed by atoms with Crippen LogP contribution in [0.4, 0.5) is 0 Å². The molecular weight excluding hydrogens is 102 g/mol. The molecule has 0 amide bonds. The van der Waals surface area contributed by atoms with Gasteiger partial charge in [-0.3, -0.25) is 0 Å². The Morgan fingerprint density at radius 1 is 1.75 bits per heavy atom. The van der Waals surface area contributed by atoms with Crippen LogP contribution in [0, 0.1) is 0 Å². The lowest BCUT2D eigenvalue weighted by atomic mass is 10.2. The number of likely N-dealkylation sites (tertiary alicyclic amines) is 1. The normalized spacial score (nSPS) is 31.5. The molecule has 2 heteroatoms. The van der Waals surface area contributed by atoms with E-state index in [1.54, 1.807) is 0 Å². The van der Waals surface area contributed by atoms with Gasteiger partial charge in [0.2, 0.25) is 0 Å². The molecule has 0 N–H and O–H groups in total. The Morgan fingerprint density at radius 3 is 2.75 bits per heavy atom. The van der Waals surface area contributed by atoms with Crippen molar-refractivity contribution in [3.05, 3.63) is 0 Å². The number of likely N-dealkylation sites (N-methyl/N-ethyl adjacent to an activating group) is 1. The minimum atomic E-state index is 0.0799. The summed E-state index contributed by atoms with van der Waals surface area (Å²) >= 11 is 0. The van der Waals surface area contributed by atoms with Crippen molar-refractivity contribution in [1.29, 1.82) is 0 Å². The molecular formula is C6H12NO. The first-order valence-electron chi connectivity index (χ1n) is 3.13. The number of nitrogens with zero attached hydrogens (tertiary/aromatic N) is 1. The Kier molecular flexibility index (Phi) is 1.86. The molecule has 47 valence electrons. The van der Waals surface area contributed by atoms with E-state index < -0.39 is 0 Å². The molecule has 1 fully saturated rings. The first-order chi connectivity index (χ1) is 3.84. The van der Waals surface area contributed by atoms with Gasteiger partial charge in [0.15, 0.2) is 0 Å². The molecule has 1 rings (SSSR count). The van der Waals surface area contributed by atoms with Crippen LogP contribution in [0.5, 0.6) is 0 Å².